The zero-order chi connectivity index (χ0) is 12.3. The van der Waals surface area contributed by atoms with Crippen LogP contribution in [0.3, 0.4) is 0 Å². The first-order chi connectivity index (χ1) is 7.41. The van der Waals surface area contributed by atoms with Crippen LogP contribution in [0.5, 0.6) is 0 Å². The highest BCUT2D eigenvalue weighted by Gasteiger charge is 2.18. The predicted molar refractivity (Wildman–Crippen MR) is 62.5 cm³/mol. The Morgan fingerprint density at radius 3 is 2.69 bits per heavy atom. The molecule has 1 heterocycles. The molecule has 0 amide bonds. The molecule has 0 spiro atoms. The molecule has 1 aromatic rings. The number of aromatic nitrogens is 1. The first-order valence-corrected chi connectivity index (χ1v) is 5.13. The molecule has 0 saturated carbocycles. The van der Waals surface area contributed by atoms with E-state index in [9.17, 15) is 15.3 Å². The van der Waals surface area contributed by atoms with Crippen LogP contribution in [0.4, 0.5) is 5.69 Å². The van der Waals surface area contributed by atoms with Gasteiger partial charge in [-0.2, -0.15) is 4.73 Å². The second kappa shape index (κ2) is 4.93. The highest BCUT2D eigenvalue weighted by atomic mass is 79.9. The molecule has 0 aromatic carbocycles. The molecule has 0 aliphatic rings. The van der Waals surface area contributed by atoms with Crippen molar-refractivity contribution in [2.45, 2.75) is 0 Å². The van der Waals surface area contributed by atoms with E-state index in [0.717, 1.165) is 6.20 Å². The van der Waals surface area contributed by atoms with Crippen molar-refractivity contribution in [3.05, 3.63) is 44.0 Å². The van der Waals surface area contributed by atoms with Crippen molar-refractivity contribution in [1.82, 2.24) is 4.90 Å². The maximum absolute atomic E-state index is 11.3. The Morgan fingerprint density at radius 1 is 1.56 bits per heavy atom. The Hall–Kier alpha value is -1.63. The van der Waals surface area contributed by atoms with Crippen molar-refractivity contribution in [3.63, 3.8) is 0 Å². The van der Waals surface area contributed by atoms with E-state index in [0.29, 0.717) is 4.73 Å². The van der Waals surface area contributed by atoms with Gasteiger partial charge in [0.2, 0.25) is 0 Å². The van der Waals surface area contributed by atoms with Gasteiger partial charge in [0.15, 0.2) is 6.20 Å². The van der Waals surface area contributed by atoms with E-state index in [1.807, 2.05) is 0 Å². The van der Waals surface area contributed by atoms with Crippen LogP contribution in [0.25, 0.3) is 6.08 Å². The molecule has 0 unspecified atom stereocenters. The van der Waals surface area contributed by atoms with Crippen LogP contribution in [0, 0.1) is 15.3 Å². The van der Waals surface area contributed by atoms with Gasteiger partial charge in [0.05, 0.1) is 11.0 Å². The van der Waals surface area contributed by atoms with E-state index in [1.165, 1.54) is 12.1 Å². The van der Waals surface area contributed by atoms with Crippen LogP contribution in [0.1, 0.15) is 5.56 Å². The summed E-state index contributed by atoms with van der Waals surface area (Å²) in [5, 5.41) is 22.0. The van der Waals surface area contributed by atoms with Gasteiger partial charge in [0, 0.05) is 30.0 Å². The molecule has 0 bridgehead atoms. The number of halogens is 1. The van der Waals surface area contributed by atoms with E-state index in [-0.39, 0.29) is 15.9 Å². The normalized spacial score (nSPS) is 10.7. The Bertz CT molecular complexity index is 446. The minimum absolute atomic E-state index is 0.112. The van der Waals surface area contributed by atoms with Gasteiger partial charge in [-0.25, -0.2) is 0 Å². The molecule has 0 atom stereocenters. The van der Waals surface area contributed by atoms with E-state index in [1.54, 1.807) is 25.2 Å². The fraction of sp³-hybridized carbons (Fsp3) is 0.222. The molecule has 7 heteroatoms. The largest absolute Gasteiger partial charge is 0.618 e. The summed E-state index contributed by atoms with van der Waals surface area (Å²) < 4.78 is 0.642. The Balaban J connectivity index is 3.25. The third kappa shape index (κ3) is 2.93. The van der Waals surface area contributed by atoms with Crippen LogP contribution in [0.15, 0.2) is 23.1 Å². The molecule has 0 aliphatic carbocycles. The Kier molecular flexibility index (Phi) is 3.83. The van der Waals surface area contributed by atoms with Gasteiger partial charge in [0.25, 0.3) is 10.3 Å². The van der Waals surface area contributed by atoms with Gasteiger partial charge < -0.3 is 10.1 Å². The molecule has 0 saturated heterocycles. The highest BCUT2D eigenvalue weighted by Crippen LogP contribution is 2.21. The number of hydrogen-bond acceptors (Lipinski definition) is 4. The van der Waals surface area contributed by atoms with Gasteiger partial charge in [-0.1, -0.05) is 0 Å². The Labute approximate surface area is 101 Å². The summed E-state index contributed by atoms with van der Waals surface area (Å²) in [6.45, 7) is 0. The van der Waals surface area contributed by atoms with E-state index < -0.39 is 4.92 Å². The second-order valence-corrected chi connectivity index (χ2v) is 4.11. The number of hydrogen-bond donors (Lipinski definition) is 0. The third-order valence-corrected chi connectivity index (χ3v) is 2.35. The molecule has 6 nitrogen and oxygen atoms in total. The monoisotopic (exact) mass is 287 g/mol. The molecular formula is C9H10BrN3O3. The summed E-state index contributed by atoms with van der Waals surface area (Å²) >= 11 is 2.94. The first kappa shape index (κ1) is 12.4. The first-order valence-electron chi connectivity index (χ1n) is 4.33. The maximum Gasteiger partial charge on any atom is 0.290 e. The minimum atomic E-state index is -0.528. The standard InChI is InChI=1S/C9H10BrN3O3/c1-11(2)4-3-7-6-12(14)9(10)5-8(7)13(15)16/h3-6H,1-2H3/b4-3+. The smallest absolute Gasteiger partial charge is 0.290 e. The quantitative estimate of drug-likeness (QED) is 0.278. The average molecular weight is 288 g/mol. The summed E-state index contributed by atoms with van der Waals surface area (Å²) in [6, 6.07) is 1.18. The second-order valence-electron chi connectivity index (χ2n) is 3.30. The van der Waals surface area contributed by atoms with Crippen molar-refractivity contribution >= 4 is 27.7 Å². The average Bonchev–Trinajstić information content (AvgIpc) is 2.18. The fourth-order valence-electron chi connectivity index (χ4n) is 1.03. The number of pyridine rings is 1. The van der Waals surface area contributed by atoms with E-state index in [2.05, 4.69) is 15.9 Å². The van der Waals surface area contributed by atoms with Gasteiger partial charge >= 0.3 is 0 Å². The highest BCUT2D eigenvalue weighted by molar-refractivity contribution is 9.10. The zero-order valence-electron chi connectivity index (χ0n) is 8.75. The molecular weight excluding hydrogens is 278 g/mol. The van der Waals surface area contributed by atoms with Crippen LogP contribution >= 0.6 is 15.9 Å². The maximum atomic E-state index is 11.3. The number of nitrogens with zero attached hydrogens (tertiary/aromatic N) is 3. The molecule has 86 valence electrons. The summed E-state index contributed by atoms with van der Waals surface area (Å²) in [4.78, 5) is 12.0. The van der Waals surface area contributed by atoms with Gasteiger partial charge in [-0.15, -0.1) is 0 Å². The van der Waals surface area contributed by atoms with E-state index >= 15 is 0 Å². The van der Waals surface area contributed by atoms with E-state index in [4.69, 9.17) is 0 Å². The fourth-order valence-corrected chi connectivity index (χ4v) is 1.35. The lowest BCUT2D eigenvalue weighted by Crippen LogP contribution is -2.27. The molecule has 1 aromatic heterocycles. The van der Waals surface area contributed by atoms with Crippen LogP contribution in [-0.2, 0) is 0 Å². The van der Waals surface area contributed by atoms with Crippen molar-refractivity contribution in [2.24, 2.45) is 0 Å². The molecule has 16 heavy (non-hydrogen) atoms. The van der Waals surface area contributed by atoms with Gasteiger partial charge in [0.1, 0.15) is 5.56 Å². The lowest BCUT2D eigenvalue weighted by Gasteiger charge is -2.04. The molecule has 0 N–H and O–H groups in total. The predicted octanol–water partition coefficient (Wildman–Crippen LogP) is 1.52. The van der Waals surface area contributed by atoms with Crippen LogP contribution in [-0.4, -0.2) is 23.9 Å². The SMILES string of the molecule is CN(C)/C=C/c1c[n+]([O-])c(Br)cc1[N+](=O)[O-]. The summed E-state index contributed by atoms with van der Waals surface area (Å²) in [5.41, 5.74) is 0.147. The van der Waals surface area contributed by atoms with Crippen molar-refractivity contribution < 1.29 is 9.65 Å². The van der Waals surface area contributed by atoms with Gasteiger partial charge in [-0.05, 0) is 12.3 Å². The zero-order valence-corrected chi connectivity index (χ0v) is 10.3. The van der Waals surface area contributed by atoms with Crippen molar-refractivity contribution in [2.75, 3.05) is 14.1 Å². The van der Waals surface area contributed by atoms with Gasteiger partial charge in [-0.3, -0.25) is 10.1 Å². The van der Waals surface area contributed by atoms with Crippen molar-refractivity contribution in [3.8, 4) is 0 Å². The lowest BCUT2D eigenvalue weighted by atomic mass is 10.2. The van der Waals surface area contributed by atoms with Crippen molar-refractivity contribution in [1.29, 1.82) is 0 Å². The topological polar surface area (TPSA) is 73.3 Å². The summed E-state index contributed by atoms with van der Waals surface area (Å²) in [6.07, 6.45) is 4.30. The minimum Gasteiger partial charge on any atom is -0.618 e. The van der Waals surface area contributed by atoms with Crippen LogP contribution in [0.2, 0.25) is 0 Å². The lowest BCUT2D eigenvalue weighted by molar-refractivity contribution is -0.618. The number of rotatable bonds is 3. The molecule has 0 fully saturated rings. The number of nitro groups is 1. The summed E-state index contributed by atoms with van der Waals surface area (Å²) in [5.74, 6) is 0. The molecule has 0 aliphatic heterocycles. The Morgan fingerprint density at radius 2 is 2.19 bits per heavy atom. The summed E-state index contributed by atoms with van der Waals surface area (Å²) in [7, 11) is 3.57. The third-order valence-electron chi connectivity index (χ3n) is 1.77. The van der Waals surface area contributed by atoms with Crippen LogP contribution < -0.4 is 4.73 Å². The molecule has 0 radical (unpaired) electrons. The molecule has 1 rings (SSSR count).